The Kier molecular flexibility index (Phi) is 13.8. The van der Waals surface area contributed by atoms with Crippen LogP contribution in [0.15, 0.2) is 42.7 Å². The number of aromatic nitrogens is 2. The minimum absolute atomic E-state index is 0. The minimum Gasteiger partial charge on any atom is -0.494 e. The van der Waals surface area contributed by atoms with Gasteiger partial charge in [0.2, 0.25) is 11.8 Å². The molecule has 12 nitrogen and oxygen atoms in total. The highest BCUT2D eigenvalue weighted by Crippen LogP contribution is 2.35. The molecule has 3 saturated heterocycles. The van der Waals surface area contributed by atoms with Gasteiger partial charge < -0.3 is 40.7 Å². The highest BCUT2D eigenvalue weighted by molar-refractivity contribution is 6.02. The molecule has 3 fully saturated rings. The smallest absolute Gasteiger partial charge is 0.247 e. The van der Waals surface area contributed by atoms with Crippen LogP contribution in [0, 0.1) is 5.41 Å². The van der Waals surface area contributed by atoms with Gasteiger partial charge in [-0.15, -0.1) is 12.4 Å². The molecule has 0 spiro atoms. The minimum atomic E-state index is -0.583. The van der Waals surface area contributed by atoms with E-state index in [2.05, 4.69) is 93.0 Å². The van der Waals surface area contributed by atoms with Crippen LogP contribution in [-0.4, -0.2) is 109 Å². The number of fused-ring (bicyclic) bond motifs is 1. The maximum absolute atomic E-state index is 14.0. The highest BCUT2D eigenvalue weighted by Gasteiger charge is 2.41. The molecular formula is C40H60ClN9O3. The molecule has 1 aromatic heterocycles. The Morgan fingerprint density at radius 1 is 0.943 bits per heavy atom. The first kappa shape index (κ1) is 40.5. The first-order valence-corrected chi connectivity index (χ1v) is 19.3. The molecule has 0 radical (unpaired) electrons. The van der Waals surface area contributed by atoms with Gasteiger partial charge in [0.05, 0.1) is 24.4 Å². The second-order valence-electron chi connectivity index (χ2n) is 15.9. The van der Waals surface area contributed by atoms with Gasteiger partial charge in [-0.05, 0) is 101 Å². The van der Waals surface area contributed by atoms with Crippen LogP contribution in [-0.2, 0) is 9.59 Å². The number of likely N-dealkylation sites (N-methyl/N-ethyl adjacent to an activating group) is 1. The van der Waals surface area contributed by atoms with Gasteiger partial charge in [0, 0.05) is 61.1 Å². The highest BCUT2D eigenvalue weighted by atomic mass is 35.5. The summed E-state index contributed by atoms with van der Waals surface area (Å²) in [6.07, 6.45) is 9.39. The van der Waals surface area contributed by atoms with Gasteiger partial charge in [-0.3, -0.25) is 9.59 Å². The second kappa shape index (κ2) is 18.1. The molecule has 3 aliphatic rings. The molecule has 3 aliphatic heterocycles. The maximum atomic E-state index is 14.0. The number of carbonyl (C=O) groups excluding carboxylic acids is 2. The fraction of sp³-hybridized carbons (Fsp3) is 0.600. The largest absolute Gasteiger partial charge is 0.494 e. The Morgan fingerprint density at radius 2 is 1.66 bits per heavy atom. The van der Waals surface area contributed by atoms with Gasteiger partial charge in [0.25, 0.3) is 0 Å². The molecule has 2 aromatic carbocycles. The molecule has 0 unspecified atom stereocenters. The summed E-state index contributed by atoms with van der Waals surface area (Å²) in [5.41, 5.74) is 3.02. The van der Waals surface area contributed by atoms with Crippen molar-refractivity contribution in [3.63, 3.8) is 0 Å². The van der Waals surface area contributed by atoms with E-state index in [9.17, 15) is 9.59 Å². The third-order valence-corrected chi connectivity index (χ3v) is 11.2. The quantitative estimate of drug-likeness (QED) is 0.181. The molecule has 4 heterocycles. The van der Waals surface area contributed by atoms with Crippen LogP contribution in [0.3, 0.4) is 0 Å². The number of nitrogens with one attached hydrogen (secondary N) is 4. The van der Waals surface area contributed by atoms with Crippen LogP contribution in [0.5, 0.6) is 5.75 Å². The molecule has 2 amide bonds. The van der Waals surface area contributed by atoms with Gasteiger partial charge in [0.1, 0.15) is 23.9 Å². The zero-order valence-corrected chi connectivity index (χ0v) is 33.2. The van der Waals surface area contributed by atoms with E-state index in [0.29, 0.717) is 42.3 Å². The number of nitrogens with zero attached hydrogens (tertiary/aromatic N) is 5. The SMILES string of the molecule is CN[C@@H](C)CN[C@H](C(=O)N1CCC[C@H]1C(=O)Nc1cc2c(Nc3ccc(N4CCC(N5CCCCC5)CC4)cc3)ncnc2cc1OC)C(C)(C)C.Cl. The first-order valence-electron chi connectivity index (χ1n) is 19.3. The number of amides is 2. The molecule has 0 aliphatic carbocycles. The number of ether oxygens (including phenoxy) is 1. The lowest BCUT2D eigenvalue weighted by molar-refractivity contribution is -0.140. The Hall–Kier alpha value is -3.71. The molecule has 6 rings (SSSR count). The molecular weight excluding hydrogens is 690 g/mol. The van der Waals surface area contributed by atoms with Crippen LogP contribution in [0.2, 0.25) is 0 Å². The van der Waals surface area contributed by atoms with Gasteiger partial charge in [0.15, 0.2) is 0 Å². The number of rotatable bonds is 12. The fourth-order valence-corrected chi connectivity index (χ4v) is 7.96. The first-order chi connectivity index (χ1) is 25.0. The van der Waals surface area contributed by atoms with E-state index in [4.69, 9.17) is 4.74 Å². The molecule has 3 aromatic rings. The zero-order valence-electron chi connectivity index (χ0n) is 32.4. The Bertz CT molecular complexity index is 1670. The maximum Gasteiger partial charge on any atom is 0.247 e. The number of halogens is 1. The van der Waals surface area contributed by atoms with Crippen molar-refractivity contribution in [2.75, 3.05) is 69.0 Å². The van der Waals surface area contributed by atoms with Crippen molar-refractivity contribution in [2.24, 2.45) is 5.41 Å². The summed E-state index contributed by atoms with van der Waals surface area (Å²) in [6.45, 7) is 14.1. The van der Waals surface area contributed by atoms with Crippen LogP contribution in [0.4, 0.5) is 22.9 Å². The van der Waals surface area contributed by atoms with Crippen molar-refractivity contribution < 1.29 is 14.3 Å². The number of hydrogen-bond donors (Lipinski definition) is 4. The lowest BCUT2D eigenvalue weighted by atomic mass is 9.85. The van der Waals surface area contributed by atoms with E-state index in [1.165, 1.54) is 57.2 Å². The molecule has 53 heavy (non-hydrogen) atoms. The normalized spacial score (nSPS) is 19.8. The number of carbonyl (C=O) groups is 2. The predicted molar refractivity (Wildman–Crippen MR) is 217 cm³/mol. The Morgan fingerprint density at radius 3 is 2.32 bits per heavy atom. The number of anilines is 4. The molecule has 3 atom stereocenters. The number of likely N-dealkylation sites (tertiary alicyclic amines) is 2. The van der Waals surface area contributed by atoms with Crippen LogP contribution >= 0.6 is 12.4 Å². The van der Waals surface area contributed by atoms with Gasteiger partial charge in [-0.2, -0.15) is 0 Å². The van der Waals surface area contributed by atoms with E-state index in [1.807, 2.05) is 19.2 Å². The fourth-order valence-electron chi connectivity index (χ4n) is 7.96. The zero-order chi connectivity index (χ0) is 36.8. The number of piperidine rings is 2. The standard InChI is InChI=1S/C40H59N9O3.ClH/c1-27(41-5)25-42-36(40(2,3)4)39(51)49-20-10-11-34(49)38(50)46-33-23-31-32(24-35(33)52-6)43-26-44-37(31)45-28-12-14-29(15-13-28)48-21-16-30(17-22-48)47-18-8-7-9-19-47;/h12-15,23-24,26-27,30,34,36,41-42H,7-11,16-22,25H2,1-6H3,(H,46,50)(H,43,44,45);1H/t27-,34-,36+;/m0./s1. The third kappa shape index (κ3) is 9.70. The average molecular weight is 750 g/mol. The monoisotopic (exact) mass is 749 g/mol. The molecule has 13 heteroatoms. The summed E-state index contributed by atoms with van der Waals surface area (Å²) in [4.78, 5) is 43.9. The van der Waals surface area contributed by atoms with Crippen molar-refractivity contribution in [2.45, 2.75) is 96.8 Å². The van der Waals surface area contributed by atoms with Gasteiger partial charge in [-0.1, -0.05) is 27.2 Å². The molecule has 290 valence electrons. The Balaban J connectivity index is 0.00000541. The van der Waals surface area contributed by atoms with Crippen molar-refractivity contribution in [1.29, 1.82) is 0 Å². The summed E-state index contributed by atoms with van der Waals surface area (Å²) in [6, 6.07) is 12.1. The van der Waals surface area contributed by atoms with Crippen molar-refractivity contribution >= 4 is 58.0 Å². The van der Waals surface area contributed by atoms with Gasteiger partial charge >= 0.3 is 0 Å². The van der Waals surface area contributed by atoms with Crippen molar-refractivity contribution in [3.8, 4) is 5.75 Å². The third-order valence-electron chi connectivity index (χ3n) is 11.2. The van der Waals surface area contributed by atoms with Crippen LogP contribution in [0.25, 0.3) is 10.9 Å². The number of benzene rings is 2. The van der Waals surface area contributed by atoms with Crippen LogP contribution < -0.4 is 30.9 Å². The van der Waals surface area contributed by atoms with Crippen molar-refractivity contribution in [1.82, 2.24) is 30.4 Å². The molecule has 4 N–H and O–H groups in total. The van der Waals surface area contributed by atoms with Crippen LogP contribution in [0.1, 0.15) is 72.6 Å². The lowest BCUT2D eigenvalue weighted by Crippen LogP contribution is -2.57. The molecule has 0 bridgehead atoms. The van der Waals surface area contributed by atoms with E-state index < -0.39 is 12.1 Å². The summed E-state index contributed by atoms with van der Waals surface area (Å²) in [7, 11) is 3.48. The van der Waals surface area contributed by atoms with Crippen molar-refractivity contribution in [3.05, 3.63) is 42.7 Å². The summed E-state index contributed by atoms with van der Waals surface area (Å²) in [5, 5.41) is 14.0. The summed E-state index contributed by atoms with van der Waals surface area (Å²) >= 11 is 0. The molecule has 0 saturated carbocycles. The summed E-state index contributed by atoms with van der Waals surface area (Å²) in [5.74, 6) is 0.837. The van der Waals surface area contributed by atoms with E-state index >= 15 is 0 Å². The predicted octanol–water partition coefficient (Wildman–Crippen LogP) is 5.80. The average Bonchev–Trinajstić information content (AvgIpc) is 3.66. The number of methoxy groups -OCH3 is 1. The topological polar surface area (TPSA) is 127 Å². The second-order valence-corrected chi connectivity index (χ2v) is 15.9. The number of hydrogen-bond acceptors (Lipinski definition) is 10. The lowest BCUT2D eigenvalue weighted by Gasteiger charge is -2.41. The van der Waals surface area contributed by atoms with E-state index in [0.717, 1.165) is 36.6 Å². The summed E-state index contributed by atoms with van der Waals surface area (Å²) < 4.78 is 5.71. The van der Waals surface area contributed by atoms with E-state index in [-0.39, 0.29) is 35.7 Å². The van der Waals surface area contributed by atoms with Gasteiger partial charge in [-0.25, -0.2) is 9.97 Å². The Labute approximate surface area is 321 Å². The van der Waals surface area contributed by atoms with E-state index in [1.54, 1.807) is 12.0 Å².